The molecular formula is C27H46N7O18P3S. The van der Waals surface area contributed by atoms with Gasteiger partial charge in [0.05, 0.1) is 19.5 Å². The number of aromatic nitrogens is 4. The van der Waals surface area contributed by atoms with E-state index < -0.39 is 94.9 Å². The van der Waals surface area contributed by atoms with E-state index in [9.17, 15) is 62.1 Å². The molecule has 29 heteroatoms. The molecule has 0 saturated carbocycles. The average molecular weight is 882 g/mol. The number of nitrogens with one attached hydrogen (secondary N) is 2. The molecular weight excluding hydrogens is 835 g/mol. The molecule has 1 aliphatic heterocycles. The minimum absolute atomic E-state index is 0.0122. The van der Waals surface area contributed by atoms with Crippen LogP contribution in [0.3, 0.4) is 0 Å². The zero-order valence-corrected chi connectivity index (χ0v) is 34.0. The molecule has 8 unspecified atom stereocenters. The summed E-state index contributed by atoms with van der Waals surface area (Å²) in [4.78, 5) is 86.8. The van der Waals surface area contributed by atoms with Gasteiger partial charge < -0.3 is 55.7 Å². The van der Waals surface area contributed by atoms with E-state index in [0.717, 1.165) is 17.2 Å². The van der Waals surface area contributed by atoms with Crippen LogP contribution in [0.4, 0.5) is 5.82 Å². The molecule has 1 aliphatic rings. The van der Waals surface area contributed by atoms with Gasteiger partial charge in [0.25, 0.3) is 0 Å². The Morgan fingerprint density at radius 3 is 2.36 bits per heavy atom. The lowest BCUT2D eigenvalue weighted by Crippen LogP contribution is -2.46. The second kappa shape index (κ2) is 19.4. The lowest BCUT2D eigenvalue weighted by atomic mass is 9.87. The summed E-state index contributed by atoms with van der Waals surface area (Å²) in [6.07, 6.45) is -4.80. The summed E-state index contributed by atoms with van der Waals surface area (Å²) < 4.78 is 74.5. The van der Waals surface area contributed by atoms with Gasteiger partial charge in [-0.25, -0.2) is 28.6 Å². The van der Waals surface area contributed by atoms with Crippen molar-refractivity contribution in [2.45, 2.75) is 77.1 Å². The molecule has 1 fully saturated rings. The second-order valence-corrected chi connectivity index (χ2v) is 19.2. The highest BCUT2D eigenvalue weighted by Crippen LogP contribution is 2.61. The van der Waals surface area contributed by atoms with E-state index in [1.807, 2.05) is 0 Å². The molecule has 0 spiro atoms. The number of rotatable bonds is 23. The molecule has 2 amide bonds. The lowest BCUT2D eigenvalue weighted by molar-refractivity contribution is -0.137. The standard InChI is InChI=1S/C27H46N7O18P3S/c1-16(35)6-5-10-56(47)11-9-29-18(36)7-8-30-25(39)22(38)26(2,3)13-49-55(45,46)52-54(43,44)48-12-17-20(51-53(40,41)42)21(37)27(4,50-17)34-15-33-19-23(28)31-14-32-24(19)34/h14-15,17,20-22,37-38H,5-13H2,1-4H3,(H,29,36)(H,30,39)(H,43,44)(H,45,46)(H2,28,31,32)(H2,40,41,42). The first-order chi connectivity index (χ1) is 25.8. The highest BCUT2D eigenvalue weighted by Gasteiger charge is 2.57. The van der Waals surface area contributed by atoms with E-state index in [1.165, 1.54) is 27.7 Å². The Balaban J connectivity index is 1.52. The molecule has 0 aromatic carbocycles. The fourth-order valence-corrected chi connectivity index (χ4v) is 8.96. The summed E-state index contributed by atoms with van der Waals surface area (Å²) in [7, 11) is -17.7. The molecule has 1 saturated heterocycles. The number of aliphatic hydroxyl groups is 2. The van der Waals surface area contributed by atoms with E-state index in [1.54, 1.807) is 0 Å². The Kier molecular flexibility index (Phi) is 16.5. The number of fused-ring (bicyclic) bond motifs is 1. The number of carbonyl (C=O) groups is 3. The number of hydrogen-bond donors (Lipinski definition) is 9. The number of amides is 2. The Morgan fingerprint density at radius 2 is 1.71 bits per heavy atom. The van der Waals surface area contributed by atoms with Crippen LogP contribution in [0.25, 0.3) is 11.2 Å². The van der Waals surface area contributed by atoms with Gasteiger partial charge in [-0.3, -0.25) is 31.9 Å². The Morgan fingerprint density at radius 1 is 1.05 bits per heavy atom. The number of aliphatic hydroxyl groups excluding tert-OH is 2. The van der Waals surface area contributed by atoms with E-state index in [2.05, 4.69) is 29.9 Å². The molecule has 3 rings (SSSR count). The van der Waals surface area contributed by atoms with Crippen LogP contribution < -0.4 is 16.4 Å². The third-order valence-corrected chi connectivity index (χ3v) is 12.6. The largest absolute Gasteiger partial charge is 0.481 e. The Hall–Kier alpha value is -2.64. The molecule has 56 heavy (non-hydrogen) atoms. The smallest absolute Gasteiger partial charge is 0.385 e. The number of imidazole rings is 1. The van der Waals surface area contributed by atoms with E-state index in [0.29, 0.717) is 18.6 Å². The van der Waals surface area contributed by atoms with Crippen molar-refractivity contribution in [1.82, 2.24) is 30.2 Å². The molecule has 0 bridgehead atoms. The van der Waals surface area contributed by atoms with Crippen LogP contribution in [0, 0.1) is 5.41 Å². The maximum atomic E-state index is 12.7. The summed E-state index contributed by atoms with van der Waals surface area (Å²) in [6.45, 7) is 2.96. The number of nitrogen functional groups attached to an aromatic ring is 1. The number of phosphoric acid groups is 3. The average Bonchev–Trinajstić information content (AvgIpc) is 3.62. The number of nitrogens with two attached hydrogens (primary N) is 1. The summed E-state index contributed by atoms with van der Waals surface area (Å²) in [6, 6.07) is 0. The van der Waals surface area contributed by atoms with Crippen molar-refractivity contribution in [2.75, 3.05) is 43.5 Å². The van der Waals surface area contributed by atoms with Crippen molar-refractivity contribution in [3.8, 4) is 0 Å². The summed E-state index contributed by atoms with van der Waals surface area (Å²) >= 11 is 0. The first kappa shape index (κ1) is 47.7. The second-order valence-electron chi connectivity index (χ2n) is 13.3. The SMILES string of the molecule is CC(=O)CCCS(=O)CCNC(=O)CCNC(=O)C(O)C(C)(C)COP(=O)(O)OP(=O)(O)OCC1OC(C)(n2cnc3c(N)ncnc32)C(O)C1OP(=O)(O)O. The number of hydrogen-bond acceptors (Lipinski definition) is 18. The van der Waals surface area contributed by atoms with Crippen LogP contribution in [0.5, 0.6) is 0 Å². The Labute approximate surface area is 321 Å². The van der Waals surface area contributed by atoms with Gasteiger partial charge in [-0.05, 0) is 20.3 Å². The van der Waals surface area contributed by atoms with Crippen LogP contribution in [-0.2, 0) is 67.2 Å². The third kappa shape index (κ3) is 13.7. The van der Waals surface area contributed by atoms with Crippen molar-refractivity contribution in [3.05, 3.63) is 12.7 Å². The summed E-state index contributed by atoms with van der Waals surface area (Å²) in [5.74, 6) is -1.07. The quantitative estimate of drug-likeness (QED) is 0.0585. The number of ether oxygens (including phenoxy) is 1. The van der Waals surface area contributed by atoms with Gasteiger partial charge in [-0.15, -0.1) is 0 Å². The highest BCUT2D eigenvalue weighted by molar-refractivity contribution is 7.85. The van der Waals surface area contributed by atoms with Gasteiger partial charge in [0, 0.05) is 53.7 Å². The zero-order chi connectivity index (χ0) is 42.3. The highest BCUT2D eigenvalue weighted by atomic mass is 32.2. The fraction of sp³-hybridized carbons (Fsp3) is 0.704. The molecule has 3 heterocycles. The predicted octanol–water partition coefficient (Wildman–Crippen LogP) is -1.30. The number of nitrogens with zero attached hydrogens (tertiary/aromatic N) is 4. The molecule has 10 N–H and O–H groups in total. The van der Waals surface area contributed by atoms with E-state index >= 15 is 0 Å². The molecule has 25 nitrogen and oxygen atoms in total. The summed E-state index contributed by atoms with van der Waals surface area (Å²) in [5, 5.41) is 26.5. The fourth-order valence-electron chi connectivity index (χ4n) is 5.14. The number of carbonyl (C=O) groups excluding carboxylic acids is 3. The first-order valence-electron chi connectivity index (χ1n) is 16.5. The maximum absolute atomic E-state index is 12.7. The van der Waals surface area contributed by atoms with Crippen molar-refractivity contribution >= 4 is 68.8 Å². The van der Waals surface area contributed by atoms with Gasteiger partial charge >= 0.3 is 23.5 Å². The topological polar surface area (TPSA) is 381 Å². The van der Waals surface area contributed by atoms with Crippen LogP contribution >= 0.6 is 23.5 Å². The van der Waals surface area contributed by atoms with Crippen molar-refractivity contribution in [1.29, 1.82) is 0 Å². The lowest BCUT2D eigenvalue weighted by Gasteiger charge is -2.30. The number of Topliss-reactive ketones (excluding diaryl/α,β-unsaturated/α-hetero) is 1. The van der Waals surface area contributed by atoms with Crippen LogP contribution in [0.2, 0.25) is 0 Å². The monoisotopic (exact) mass is 881 g/mol. The molecule has 2 aromatic heterocycles. The molecule has 8 atom stereocenters. The zero-order valence-electron chi connectivity index (χ0n) is 30.5. The summed E-state index contributed by atoms with van der Waals surface area (Å²) in [5.41, 5.74) is 2.27. The predicted molar refractivity (Wildman–Crippen MR) is 192 cm³/mol. The molecule has 0 radical (unpaired) electrons. The minimum Gasteiger partial charge on any atom is -0.385 e. The molecule has 0 aliphatic carbocycles. The van der Waals surface area contributed by atoms with Gasteiger partial charge in [0.15, 0.2) is 17.2 Å². The number of anilines is 1. The van der Waals surface area contributed by atoms with E-state index in [4.69, 9.17) is 24.0 Å². The van der Waals surface area contributed by atoms with Crippen molar-refractivity contribution in [2.24, 2.45) is 5.41 Å². The van der Waals surface area contributed by atoms with Gasteiger partial charge in [-0.2, -0.15) is 4.31 Å². The van der Waals surface area contributed by atoms with Gasteiger partial charge in [0.2, 0.25) is 11.8 Å². The Bertz CT molecular complexity index is 1900. The molecule has 2 aromatic rings. The van der Waals surface area contributed by atoms with Crippen LogP contribution in [0.15, 0.2) is 12.7 Å². The van der Waals surface area contributed by atoms with E-state index in [-0.39, 0.29) is 48.0 Å². The van der Waals surface area contributed by atoms with Gasteiger partial charge in [0.1, 0.15) is 42.0 Å². The van der Waals surface area contributed by atoms with Gasteiger partial charge in [-0.1, -0.05) is 13.8 Å². The van der Waals surface area contributed by atoms with Crippen LogP contribution in [-0.4, -0.2) is 133 Å². The number of phosphoric ester groups is 3. The van der Waals surface area contributed by atoms with Crippen molar-refractivity contribution in [3.63, 3.8) is 0 Å². The maximum Gasteiger partial charge on any atom is 0.481 e. The third-order valence-electron chi connectivity index (χ3n) is 8.12. The number of ketones is 1. The van der Waals surface area contributed by atoms with Crippen LogP contribution in [0.1, 0.15) is 47.0 Å². The first-order valence-corrected chi connectivity index (χ1v) is 22.5. The molecule has 318 valence electrons. The normalized spacial score (nSPS) is 23.6. The van der Waals surface area contributed by atoms with Crippen molar-refractivity contribution < 1.29 is 84.7 Å². The minimum atomic E-state index is -5.60.